The third-order valence-corrected chi connectivity index (χ3v) is 2.23. The monoisotopic (exact) mass is 199 g/mol. The van der Waals surface area contributed by atoms with E-state index in [0.717, 1.165) is 31.4 Å². The van der Waals surface area contributed by atoms with Crippen molar-refractivity contribution in [3.8, 4) is 5.75 Å². The SMILES string of the molecule is NCCCCc1ccc(O)c(Cl)c1. The second-order valence-electron chi connectivity index (χ2n) is 3.03. The summed E-state index contributed by atoms with van der Waals surface area (Å²) in [6.45, 7) is 0.728. The number of aromatic hydroxyl groups is 1. The van der Waals surface area contributed by atoms with Gasteiger partial charge in [0.25, 0.3) is 0 Å². The molecular weight excluding hydrogens is 186 g/mol. The fraction of sp³-hybridized carbons (Fsp3) is 0.400. The Hall–Kier alpha value is -0.730. The van der Waals surface area contributed by atoms with E-state index in [1.165, 1.54) is 0 Å². The molecule has 2 nitrogen and oxygen atoms in total. The van der Waals surface area contributed by atoms with Crippen molar-refractivity contribution in [2.75, 3.05) is 6.54 Å². The van der Waals surface area contributed by atoms with Crippen LogP contribution in [0, 0.1) is 0 Å². The van der Waals surface area contributed by atoms with Gasteiger partial charge < -0.3 is 10.8 Å². The number of halogens is 1. The van der Waals surface area contributed by atoms with Crippen LogP contribution in [0.4, 0.5) is 0 Å². The van der Waals surface area contributed by atoms with Gasteiger partial charge in [0.2, 0.25) is 0 Å². The van der Waals surface area contributed by atoms with E-state index in [9.17, 15) is 0 Å². The summed E-state index contributed by atoms with van der Waals surface area (Å²) in [5.74, 6) is 0.143. The molecule has 1 aromatic rings. The molecule has 0 bridgehead atoms. The van der Waals surface area contributed by atoms with Gasteiger partial charge in [-0.1, -0.05) is 17.7 Å². The van der Waals surface area contributed by atoms with Gasteiger partial charge in [-0.05, 0) is 43.5 Å². The van der Waals surface area contributed by atoms with Crippen molar-refractivity contribution in [1.82, 2.24) is 0 Å². The highest BCUT2D eigenvalue weighted by atomic mass is 35.5. The summed E-state index contributed by atoms with van der Waals surface area (Å²) in [7, 11) is 0. The van der Waals surface area contributed by atoms with Crippen LogP contribution in [0.25, 0.3) is 0 Å². The Labute approximate surface area is 83.3 Å². The normalized spacial score (nSPS) is 10.3. The summed E-state index contributed by atoms with van der Waals surface area (Å²) in [6, 6.07) is 5.31. The number of unbranched alkanes of at least 4 members (excludes halogenated alkanes) is 1. The highest BCUT2D eigenvalue weighted by Gasteiger charge is 1.99. The van der Waals surface area contributed by atoms with E-state index in [1.807, 2.05) is 6.07 Å². The van der Waals surface area contributed by atoms with Gasteiger partial charge >= 0.3 is 0 Å². The van der Waals surface area contributed by atoms with Crippen LogP contribution in [0.1, 0.15) is 18.4 Å². The Balaban J connectivity index is 2.53. The summed E-state index contributed by atoms with van der Waals surface area (Å²) in [5.41, 5.74) is 6.53. The van der Waals surface area contributed by atoms with Crippen molar-refractivity contribution >= 4 is 11.6 Å². The van der Waals surface area contributed by atoms with Gasteiger partial charge in [-0.3, -0.25) is 0 Å². The summed E-state index contributed by atoms with van der Waals surface area (Å²) >= 11 is 5.75. The number of phenols is 1. The zero-order chi connectivity index (χ0) is 9.68. The van der Waals surface area contributed by atoms with Crippen molar-refractivity contribution < 1.29 is 5.11 Å². The van der Waals surface area contributed by atoms with Crippen molar-refractivity contribution in [3.63, 3.8) is 0 Å². The Kier molecular flexibility index (Phi) is 4.06. The van der Waals surface area contributed by atoms with Crippen molar-refractivity contribution in [1.29, 1.82) is 0 Å². The number of benzene rings is 1. The zero-order valence-corrected chi connectivity index (χ0v) is 8.22. The van der Waals surface area contributed by atoms with Gasteiger partial charge in [-0.15, -0.1) is 0 Å². The molecule has 0 radical (unpaired) electrons. The van der Waals surface area contributed by atoms with E-state index in [4.69, 9.17) is 22.4 Å². The second-order valence-corrected chi connectivity index (χ2v) is 3.44. The number of phenolic OH excluding ortho intramolecular Hbond substituents is 1. The van der Waals surface area contributed by atoms with Crippen LogP contribution >= 0.6 is 11.6 Å². The summed E-state index contributed by atoms with van der Waals surface area (Å²) in [6.07, 6.45) is 3.06. The molecule has 0 saturated heterocycles. The summed E-state index contributed by atoms with van der Waals surface area (Å²) in [4.78, 5) is 0. The average molecular weight is 200 g/mol. The molecule has 0 amide bonds. The zero-order valence-electron chi connectivity index (χ0n) is 7.46. The van der Waals surface area contributed by atoms with Crippen molar-refractivity contribution in [2.45, 2.75) is 19.3 Å². The first-order chi connectivity index (χ1) is 6.24. The molecule has 3 N–H and O–H groups in total. The quantitative estimate of drug-likeness (QED) is 0.732. The summed E-state index contributed by atoms with van der Waals surface area (Å²) in [5, 5.41) is 9.58. The fourth-order valence-corrected chi connectivity index (χ4v) is 1.38. The third kappa shape index (κ3) is 3.25. The van der Waals surface area contributed by atoms with Gasteiger partial charge in [0, 0.05) is 0 Å². The first-order valence-electron chi connectivity index (χ1n) is 4.41. The summed E-state index contributed by atoms with van der Waals surface area (Å²) < 4.78 is 0. The number of hydrogen-bond acceptors (Lipinski definition) is 2. The minimum Gasteiger partial charge on any atom is -0.506 e. The maximum atomic E-state index is 9.16. The highest BCUT2D eigenvalue weighted by Crippen LogP contribution is 2.24. The molecular formula is C10H14ClNO. The first kappa shape index (κ1) is 10.4. The fourth-order valence-electron chi connectivity index (χ4n) is 1.18. The van der Waals surface area contributed by atoms with Gasteiger partial charge in [-0.2, -0.15) is 0 Å². The standard InChI is InChI=1S/C10H14ClNO/c11-9-7-8(3-1-2-6-12)4-5-10(9)13/h4-5,7,13H,1-3,6,12H2. The van der Waals surface area contributed by atoms with Gasteiger partial charge in [0.15, 0.2) is 0 Å². The van der Waals surface area contributed by atoms with Gasteiger partial charge in [-0.25, -0.2) is 0 Å². The van der Waals surface area contributed by atoms with Gasteiger partial charge in [0.05, 0.1) is 5.02 Å². The van der Waals surface area contributed by atoms with E-state index in [2.05, 4.69) is 0 Å². The lowest BCUT2D eigenvalue weighted by Crippen LogP contribution is -1.98. The lowest BCUT2D eigenvalue weighted by atomic mass is 10.1. The predicted molar refractivity (Wildman–Crippen MR) is 55.1 cm³/mol. The lowest BCUT2D eigenvalue weighted by molar-refractivity contribution is 0.475. The smallest absolute Gasteiger partial charge is 0.134 e. The Morgan fingerprint density at radius 3 is 2.69 bits per heavy atom. The molecule has 72 valence electrons. The van der Waals surface area contributed by atoms with Crippen molar-refractivity contribution in [2.24, 2.45) is 5.73 Å². The van der Waals surface area contributed by atoms with Crippen LogP contribution in [-0.4, -0.2) is 11.7 Å². The molecule has 0 aliphatic rings. The Morgan fingerprint density at radius 1 is 1.31 bits per heavy atom. The van der Waals surface area contributed by atoms with E-state index < -0.39 is 0 Å². The minimum atomic E-state index is 0.143. The molecule has 0 spiro atoms. The van der Waals surface area contributed by atoms with E-state index >= 15 is 0 Å². The van der Waals surface area contributed by atoms with E-state index in [0.29, 0.717) is 5.02 Å². The topological polar surface area (TPSA) is 46.2 Å². The third-order valence-electron chi connectivity index (χ3n) is 1.93. The molecule has 1 aromatic carbocycles. The Bertz CT molecular complexity index is 276. The second kappa shape index (κ2) is 5.10. The maximum absolute atomic E-state index is 9.16. The van der Waals surface area contributed by atoms with E-state index in [-0.39, 0.29) is 5.75 Å². The molecule has 0 heterocycles. The molecule has 0 atom stereocenters. The number of nitrogens with two attached hydrogens (primary N) is 1. The molecule has 0 aliphatic heterocycles. The van der Waals surface area contributed by atoms with Crippen LogP contribution in [0.3, 0.4) is 0 Å². The van der Waals surface area contributed by atoms with Crippen LogP contribution in [-0.2, 0) is 6.42 Å². The molecule has 0 unspecified atom stereocenters. The first-order valence-corrected chi connectivity index (χ1v) is 4.79. The number of rotatable bonds is 4. The maximum Gasteiger partial charge on any atom is 0.134 e. The lowest BCUT2D eigenvalue weighted by Gasteiger charge is -2.02. The van der Waals surface area contributed by atoms with Gasteiger partial charge in [0.1, 0.15) is 5.75 Å². The molecule has 3 heteroatoms. The van der Waals surface area contributed by atoms with Crippen LogP contribution in [0.2, 0.25) is 5.02 Å². The molecule has 0 aliphatic carbocycles. The highest BCUT2D eigenvalue weighted by molar-refractivity contribution is 6.32. The largest absolute Gasteiger partial charge is 0.506 e. The number of aryl methyl sites for hydroxylation is 1. The molecule has 0 fully saturated rings. The average Bonchev–Trinajstić information content (AvgIpc) is 2.12. The van der Waals surface area contributed by atoms with Crippen LogP contribution < -0.4 is 5.73 Å². The van der Waals surface area contributed by atoms with Crippen LogP contribution in [0.15, 0.2) is 18.2 Å². The number of hydrogen-bond donors (Lipinski definition) is 2. The molecule has 13 heavy (non-hydrogen) atoms. The molecule has 0 saturated carbocycles. The predicted octanol–water partition coefficient (Wildman–Crippen LogP) is 2.33. The van der Waals surface area contributed by atoms with Crippen LogP contribution in [0.5, 0.6) is 5.75 Å². The molecule has 0 aromatic heterocycles. The molecule has 1 rings (SSSR count). The van der Waals surface area contributed by atoms with Crippen molar-refractivity contribution in [3.05, 3.63) is 28.8 Å². The minimum absolute atomic E-state index is 0.143. The Morgan fingerprint density at radius 2 is 2.08 bits per heavy atom. The van der Waals surface area contributed by atoms with E-state index in [1.54, 1.807) is 12.1 Å².